The Morgan fingerprint density at radius 3 is 2.60 bits per heavy atom. The van der Waals surface area contributed by atoms with E-state index in [1.54, 1.807) is 38.1 Å². The van der Waals surface area contributed by atoms with Gasteiger partial charge in [-0.1, -0.05) is 11.6 Å². The van der Waals surface area contributed by atoms with Crippen molar-refractivity contribution in [2.45, 2.75) is 26.0 Å². The lowest BCUT2D eigenvalue weighted by atomic mass is 10.1. The normalized spacial score (nSPS) is 11.2. The molecule has 106 valence electrons. The number of halogens is 1. The van der Waals surface area contributed by atoms with E-state index in [-0.39, 0.29) is 5.91 Å². The maximum atomic E-state index is 12.2. The fourth-order valence-corrected chi connectivity index (χ4v) is 1.83. The average molecular weight is 293 g/mol. The zero-order valence-electron chi connectivity index (χ0n) is 11.4. The molecule has 20 heavy (non-hydrogen) atoms. The molecule has 1 aromatic heterocycles. The van der Waals surface area contributed by atoms with Gasteiger partial charge in [0.2, 0.25) is 0 Å². The van der Waals surface area contributed by atoms with Crippen molar-refractivity contribution in [1.29, 1.82) is 0 Å². The second-order valence-corrected chi connectivity index (χ2v) is 5.40. The molecule has 0 fully saturated rings. The zero-order chi connectivity index (χ0) is 14.6. The van der Waals surface area contributed by atoms with Gasteiger partial charge in [-0.25, -0.2) is 0 Å². The summed E-state index contributed by atoms with van der Waals surface area (Å²) in [7, 11) is 0. The van der Waals surface area contributed by atoms with Crippen LogP contribution in [0, 0.1) is 0 Å². The standard InChI is InChI=1S/C15H17ClN2O2/c1-15(2,20-13-5-3-12(16)4-6-13)14(19)18-10-11-7-8-17-9-11/h3-9,17H,10H2,1-2H3,(H,18,19). The number of hydrogen-bond donors (Lipinski definition) is 2. The SMILES string of the molecule is CC(C)(Oc1ccc(Cl)cc1)C(=O)NCc1cc[nH]c1. The van der Waals surface area contributed by atoms with Crippen molar-refractivity contribution in [2.24, 2.45) is 0 Å². The van der Waals surface area contributed by atoms with Gasteiger partial charge in [0.1, 0.15) is 5.75 Å². The highest BCUT2D eigenvalue weighted by molar-refractivity contribution is 6.30. The minimum Gasteiger partial charge on any atom is -0.478 e. The summed E-state index contributed by atoms with van der Waals surface area (Å²) in [6, 6.07) is 8.84. The minimum absolute atomic E-state index is 0.173. The molecular weight excluding hydrogens is 276 g/mol. The van der Waals surface area contributed by atoms with Gasteiger partial charge in [0.15, 0.2) is 5.60 Å². The van der Waals surface area contributed by atoms with Crippen LogP contribution in [0.5, 0.6) is 5.75 Å². The number of ether oxygens (including phenoxy) is 1. The molecule has 0 aliphatic carbocycles. The van der Waals surface area contributed by atoms with Crippen LogP contribution in [0.3, 0.4) is 0 Å². The number of carbonyl (C=O) groups excluding carboxylic acids is 1. The third-order valence-corrected chi connectivity index (χ3v) is 3.10. The van der Waals surface area contributed by atoms with Crippen molar-refractivity contribution in [3.05, 3.63) is 53.3 Å². The largest absolute Gasteiger partial charge is 0.478 e. The number of aromatic nitrogens is 1. The number of amides is 1. The molecule has 1 aromatic carbocycles. The number of rotatable bonds is 5. The Morgan fingerprint density at radius 1 is 1.30 bits per heavy atom. The van der Waals surface area contributed by atoms with Gasteiger partial charge in [-0.2, -0.15) is 0 Å². The molecule has 2 rings (SSSR count). The molecule has 4 nitrogen and oxygen atoms in total. The molecule has 0 aliphatic rings. The Hall–Kier alpha value is -1.94. The molecule has 0 unspecified atom stereocenters. The molecule has 0 bridgehead atoms. The van der Waals surface area contributed by atoms with Gasteiger partial charge in [-0.05, 0) is 49.7 Å². The number of benzene rings is 1. The molecule has 5 heteroatoms. The highest BCUT2D eigenvalue weighted by Crippen LogP contribution is 2.21. The van der Waals surface area contributed by atoms with Crippen LogP contribution in [-0.4, -0.2) is 16.5 Å². The van der Waals surface area contributed by atoms with Crippen LogP contribution in [0.2, 0.25) is 5.02 Å². The van der Waals surface area contributed by atoms with Crippen LogP contribution in [-0.2, 0) is 11.3 Å². The van der Waals surface area contributed by atoms with E-state index in [1.165, 1.54) is 0 Å². The van der Waals surface area contributed by atoms with Crippen LogP contribution in [0.4, 0.5) is 0 Å². The molecule has 0 saturated heterocycles. The van der Waals surface area contributed by atoms with Gasteiger partial charge in [-0.15, -0.1) is 0 Å². The van der Waals surface area contributed by atoms with Gasteiger partial charge < -0.3 is 15.0 Å². The van der Waals surface area contributed by atoms with Gasteiger partial charge in [0, 0.05) is 24.0 Å². The van der Waals surface area contributed by atoms with Crippen molar-refractivity contribution in [3.63, 3.8) is 0 Å². The van der Waals surface area contributed by atoms with Crippen LogP contribution >= 0.6 is 11.6 Å². The van der Waals surface area contributed by atoms with Crippen LogP contribution < -0.4 is 10.1 Å². The van der Waals surface area contributed by atoms with E-state index in [1.807, 2.05) is 18.5 Å². The topological polar surface area (TPSA) is 54.1 Å². The molecule has 1 heterocycles. The number of H-pyrrole nitrogens is 1. The number of hydrogen-bond acceptors (Lipinski definition) is 2. The molecule has 2 N–H and O–H groups in total. The van der Waals surface area contributed by atoms with Crippen molar-refractivity contribution < 1.29 is 9.53 Å². The maximum absolute atomic E-state index is 12.2. The smallest absolute Gasteiger partial charge is 0.263 e. The Labute approximate surface area is 123 Å². The van der Waals surface area contributed by atoms with E-state index in [0.717, 1.165) is 5.56 Å². The van der Waals surface area contributed by atoms with Crippen LogP contribution in [0.15, 0.2) is 42.7 Å². The first kappa shape index (κ1) is 14.5. The first-order valence-electron chi connectivity index (χ1n) is 6.32. The maximum Gasteiger partial charge on any atom is 0.263 e. The summed E-state index contributed by atoms with van der Waals surface area (Å²) < 4.78 is 5.71. The molecule has 0 spiro atoms. The first-order chi connectivity index (χ1) is 9.47. The van der Waals surface area contributed by atoms with Crippen LogP contribution in [0.25, 0.3) is 0 Å². The van der Waals surface area contributed by atoms with E-state index in [0.29, 0.717) is 17.3 Å². The molecule has 0 saturated carbocycles. The van der Waals surface area contributed by atoms with Gasteiger partial charge >= 0.3 is 0 Å². The number of nitrogens with one attached hydrogen (secondary N) is 2. The minimum atomic E-state index is -0.954. The fraction of sp³-hybridized carbons (Fsp3) is 0.267. The average Bonchev–Trinajstić information content (AvgIpc) is 2.91. The van der Waals surface area contributed by atoms with Crippen molar-refractivity contribution in [2.75, 3.05) is 0 Å². The highest BCUT2D eigenvalue weighted by Gasteiger charge is 2.29. The third kappa shape index (κ3) is 3.78. The Bertz CT molecular complexity index is 562. The molecule has 0 radical (unpaired) electrons. The summed E-state index contributed by atoms with van der Waals surface area (Å²) in [5.74, 6) is 0.435. The Kier molecular flexibility index (Phi) is 4.35. The third-order valence-electron chi connectivity index (χ3n) is 2.85. The first-order valence-corrected chi connectivity index (χ1v) is 6.70. The molecule has 1 amide bonds. The van der Waals surface area contributed by atoms with E-state index in [2.05, 4.69) is 10.3 Å². The highest BCUT2D eigenvalue weighted by atomic mass is 35.5. The predicted octanol–water partition coefficient (Wildman–Crippen LogP) is 3.14. The molecule has 2 aromatic rings. The Balaban J connectivity index is 1.94. The molecular formula is C15H17ClN2O2. The second-order valence-electron chi connectivity index (χ2n) is 4.97. The summed E-state index contributed by atoms with van der Waals surface area (Å²) >= 11 is 5.81. The second kappa shape index (κ2) is 6.01. The van der Waals surface area contributed by atoms with Crippen LogP contribution in [0.1, 0.15) is 19.4 Å². The lowest BCUT2D eigenvalue weighted by Gasteiger charge is -2.25. The van der Waals surface area contributed by atoms with E-state index >= 15 is 0 Å². The lowest BCUT2D eigenvalue weighted by molar-refractivity contribution is -0.134. The molecule has 0 aliphatic heterocycles. The van der Waals surface area contributed by atoms with E-state index in [9.17, 15) is 4.79 Å². The number of carbonyl (C=O) groups is 1. The van der Waals surface area contributed by atoms with Crippen molar-refractivity contribution in [3.8, 4) is 5.75 Å². The van der Waals surface area contributed by atoms with Gasteiger partial charge in [0.05, 0.1) is 0 Å². The summed E-state index contributed by atoms with van der Waals surface area (Å²) in [5, 5.41) is 3.48. The van der Waals surface area contributed by atoms with Gasteiger partial charge in [0.25, 0.3) is 5.91 Å². The Morgan fingerprint density at radius 2 is 2.00 bits per heavy atom. The predicted molar refractivity (Wildman–Crippen MR) is 78.8 cm³/mol. The molecule has 0 atom stereocenters. The van der Waals surface area contributed by atoms with Crippen molar-refractivity contribution in [1.82, 2.24) is 10.3 Å². The monoisotopic (exact) mass is 292 g/mol. The lowest BCUT2D eigenvalue weighted by Crippen LogP contribution is -2.46. The fourth-order valence-electron chi connectivity index (χ4n) is 1.71. The summed E-state index contributed by atoms with van der Waals surface area (Å²) in [4.78, 5) is 15.1. The summed E-state index contributed by atoms with van der Waals surface area (Å²) in [5.41, 5.74) is 0.0603. The van der Waals surface area contributed by atoms with E-state index < -0.39 is 5.60 Å². The summed E-state index contributed by atoms with van der Waals surface area (Å²) in [6.07, 6.45) is 3.66. The van der Waals surface area contributed by atoms with Crippen molar-refractivity contribution >= 4 is 17.5 Å². The zero-order valence-corrected chi connectivity index (χ0v) is 12.2. The summed E-state index contributed by atoms with van der Waals surface area (Å²) in [6.45, 7) is 3.93. The van der Waals surface area contributed by atoms with E-state index in [4.69, 9.17) is 16.3 Å². The number of aromatic amines is 1. The quantitative estimate of drug-likeness (QED) is 0.889. The van der Waals surface area contributed by atoms with Gasteiger partial charge in [-0.3, -0.25) is 4.79 Å².